The van der Waals surface area contributed by atoms with E-state index >= 15 is 0 Å². The second-order valence-electron chi connectivity index (χ2n) is 5.07. The van der Waals surface area contributed by atoms with Gasteiger partial charge in [0.2, 0.25) is 0 Å². The maximum Gasteiger partial charge on any atom is 0.303 e. The van der Waals surface area contributed by atoms with Crippen LogP contribution < -0.4 is 5.73 Å². The molecule has 0 saturated heterocycles. The van der Waals surface area contributed by atoms with Crippen molar-refractivity contribution >= 4 is 33.7 Å². The minimum Gasteiger partial charge on any atom is -0.481 e. The van der Waals surface area contributed by atoms with Gasteiger partial charge in [-0.1, -0.05) is 37.3 Å². The number of aliphatic carboxylic acids is 1. The van der Waals surface area contributed by atoms with E-state index in [1.807, 2.05) is 49.4 Å². The van der Waals surface area contributed by atoms with Gasteiger partial charge in [-0.15, -0.1) is 0 Å². The normalized spacial score (nSPS) is 10.1. The minimum absolute atomic E-state index is 0.292. The van der Waals surface area contributed by atoms with E-state index in [1.165, 1.54) is 0 Å². The SMILES string of the molecule is CCCC(=O)O.NC(=O)c1cccc2cc3ccccc3nc12. The van der Waals surface area contributed by atoms with E-state index in [0.29, 0.717) is 17.5 Å². The quantitative estimate of drug-likeness (QED) is 0.725. The number of carbonyl (C=O) groups excluding carboxylic acids is 1. The van der Waals surface area contributed by atoms with Crippen LogP contribution in [0.4, 0.5) is 0 Å². The Hall–Kier alpha value is -2.95. The van der Waals surface area contributed by atoms with Gasteiger partial charge in [0.15, 0.2) is 0 Å². The summed E-state index contributed by atoms with van der Waals surface area (Å²) in [6.45, 7) is 1.84. The molecule has 0 aliphatic carbocycles. The molecule has 23 heavy (non-hydrogen) atoms. The maximum atomic E-state index is 11.3. The number of carbonyl (C=O) groups is 2. The smallest absolute Gasteiger partial charge is 0.303 e. The fraction of sp³-hybridized carbons (Fsp3) is 0.167. The molecular formula is C18H18N2O3. The van der Waals surface area contributed by atoms with Crippen molar-refractivity contribution in [1.29, 1.82) is 0 Å². The van der Waals surface area contributed by atoms with Crippen molar-refractivity contribution in [2.75, 3.05) is 0 Å². The molecule has 0 saturated carbocycles. The molecule has 0 aliphatic rings. The molecule has 2 aromatic carbocycles. The maximum absolute atomic E-state index is 11.3. The zero-order valence-corrected chi connectivity index (χ0v) is 12.8. The van der Waals surface area contributed by atoms with Crippen LogP contribution in [-0.4, -0.2) is 22.0 Å². The third-order valence-corrected chi connectivity index (χ3v) is 3.28. The van der Waals surface area contributed by atoms with Gasteiger partial charge >= 0.3 is 5.97 Å². The lowest BCUT2D eigenvalue weighted by atomic mass is 10.1. The molecule has 1 aromatic heterocycles. The number of nitrogens with two attached hydrogens (primary N) is 1. The molecule has 1 amide bonds. The van der Waals surface area contributed by atoms with Gasteiger partial charge in [-0.2, -0.15) is 0 Å². The van der Waals surface area contributed by atoms with Crippen molar-refractivity contribution in [3.8, 4) is 0 Å². The Morgan fingerprint density at radius 1 is 1.09 bits per heavy atom. The summed E-state index contributed by atoms with van der Waals surface area (Å²) in [5, 5.41) is 9.90. The second kappa shape index (κ2) is 7.35. The van der Waals surface area contributed by atoms with Gasteiger partial charge in [0.1, 0.15) is 0 Å². The molecule has 0 bridgehead atoms. The van der Waals surface area contributed by atoms with Crippen LogP contribution in [0.25, 0.3) is 21.8 Å². The van der Waals surface area contributed by atoms with Crippen molar-refractivity contribution in [2.45, 2.75) is 19.8 Å². The van der Waals surface area contributed by atoms with Crippen molar-refractivity contribution in [2.24, 2.45) is 5.73 Å². The molecule has 1 heterocycles. The molecule has 0 spiro atoms. The number of amides is 1. The highest BCUT2D eigenvalue weighted by Gasteiger charge is 2.08. The molecule has 3 rings (SSSR count). The molecule has 118 valence electrons. The highest BCUT2D eigenvalue weighted by atomic mass is 16.4. The van der Waals surface area contributed by atoms with Gasteiger partial charge in [0.25, 0.3) is 5.91 Å². The summed E-state index contributed by atoms with van der Waals surface area (Å²) in [5.41, 5.74) is 7.35. The van der Waals surface area contributed by atoms with E-state index < -0.39 is 11.9 Å². The lowest BCUT2D eigenvalue weighted by molar-refractivity contribution is -0.137. The summed E-state index contributed by atoms with van der Waals surface area (Å²) in [6, 6.07) is 15.3. The number of carboxylic acids is 1. The molecule has 0 fully saturated rings. The van der Waals surface area contributed by atoms with Gasteiger partial charge in [-0.05, 0) is 24.6 Å². The van der Waals surface area contributed by atoms with Gasteiger partial charge < -0.3 is 10.8 Å². The van der Waals surface area contributed by atoms with Crippen molar-refractivity contribution in [3.63, 3.8) is 0 Å². The fourth-order valence-corrected chi connectivity index (χ4v) is 2.21. The Kier molecular flexibility index (Phi) is 5.25. The number of para-hydroxylation sites is 2. The Balaban J connectivity index is 0.000000277. The summed E-state index contributed by atoms with van der Waals surface area (Å²) in [5.74, 6) is -1.16. The third-order valence-electron chi connectivity index (χ3n) is 3.28. The largest absolute Gasteiger partial charge is 0.481 e. The monoisotopic (exact) mass is 310 g/mol. The van der Waals surface area contributed by atoms with Crippen LogP contribution >= 0.6 is 0 Å². The highest BCUT2D eigenvalue weighted by molar-refractivity contribution is 6.07. The first-order valence-electron chi connectivity index (χ1n) is 7.33. The van der Waals surface area contributed by atoms with E-state index in [1.54, 1.807) is 6.07 Å². The molecule has 5 nitrogen and oxygen atoms in total. The van der Waals surface area contributed by atoms with Crippen molar-refractivity contribution in [3.05, 3.63) is 54.1 Å². The minimum atomic E-state index is -0.711. The van der Waals surface area contributed by atoms with Crippen LogP contribution in [0.2, 0.25) is 0 Å². The molecule has 5 heteroatoms. The topological polar surface area (TPSA) is 93.3 Å². The first-order valence-corrected chi connectivity index (χ1v) is 7.33. The van der Waals surface area contributed by atoms with E-state index in [4.69, 9.17) is 10.8 Å². The molecule has 0 atom stereocenters. The van der Waals surface area contributed by atoms with E-state index in [0.717, 1.165) is 22.7 Å². The van der Waals surface area contributed by atoms with Crippen molar-refractivity contribution < 1.29 is 14.7 Å². The van der Waals surface area contributed by atoms with Gasteiger partial charge in [0, 0.05) is 17.2 Å². The number of hydrogen-bond donors (Lipinski definition) is 2. The molecular weight excluding hydrogens is 292 g/mol. The van der Waals surface area contributed by atoms with E-state index in [-0.39, 0.29) is 0 Å². The van der Waals surface area contributed by atoms with E-state index in [2.05, 4.69) is 4.98 Å². The zero-order chi connectivity index (χ0) is 16.8. The van der Waals surface area contributed by atoms with Crippen LogP contribution in [0, 0.1) is 0 Å². The lowest BCUT2D eigenvalue weighted by Gasteiger charge is -2.04. The highest BCUT2D eigenvalue weighted by Crippen LogP contribution is 2.21. The van der Waals surface area contributed by atoms with Crippen LogP contribution in [0.15, 0.2) is 48.5 Å². The summed E-state index contributed by atoms with van der Waals surface area (Å²) >= 11 is 0. The summed E-state index contributed by atoms with van der Waals surface area (Å²) in [7, 11) is 0. The Morgan fingerprint density at radius 3 is 2.39 bits per heavy atom. The average molecular weight is 310 g/mol. The predicted octanol–water partition coefficient (Wildman–Crippen LogP) is 3.36. The number of rotatable bonds is 3. The number of fused-ring (bicyclic) bond motifs is 2. The Bertz CT molecular complexity index is 859. The van der Waals surface area contributed by atoms with Crippen LogP contribution in [0.3, 0.4) is 0 Å². The summed E-state index contributed by atoms with van der Waals surface area (Å²) in [6.07, 6.45) is 1.02. The zero-order valence-electron chi connectivity index (χ0n) is 12.8. The average Bonchev–Trinajstić information content (AvgIpc) is 2.52. The first-order chi connectivity index (χ1) is 11.0. The standard InChI is InChI=1S/C14H10N2O.C4H8O2/c15-14(17)11-6-3-5-10-8-9-4-1-2-7-12(9)16-13(10)11;1-2-3-4(5)6/h1-8H,(H2,15,17);2-3H2,1H3,(H,5,6). The van der Waals surface area contributed by atoms with Gasteiger partial charge in [0.05, 0.1) is 16.6 Å². The molecule has 0 radical (unpaired) electrons. The number of hydrogen-bond acceptors (Lipinski definition) is 3. The molecule has 3 N–H and O–H groups in total. The number of pyridine rings is 1. The fourth-order valence-electron chi connectivity index (χ4n) is 2.21. The number of carboxylic acid groups (broad SMARTS) is 1. The van der Waals surface area contributed by atoms with Crippen molar-refractivity contribution in [1.82, 2.24) is 4.98 Å². The predicted molar refractivity (Wildman–Crippen MR) is 90.3 cm³/mol. The Labute approximate surface area is 133 Å². The van der Waals surface area contributed by atoms with Crippen LogP contribution in [0.5, 0.6) is 0 Å². The number of aromatic nitrogens is 1. The van der Waals surface area contributed by atoms with Gasteiger partial charge in [-0.25, -0.2) is 4.98 Å². The van der Waals surface area contributed by atoms with Crippen LogP contribution in [-0.2, 0) is 4.79 Å². The number of benzene rings is 2. The second-order valence-corrected chi connectivity index (χ2v) is 5.07. The molecule has 3 aromatic rings. The van der Waals surface area contributed by atoms with Crippen LogP contribution in [0.1, 0.15) is 30.1 Å². The summed E-state index contributed by atoms with van der Waals surface area (Å²) < 4.78 is 0. The third kappa shape index (κ3) is 4.03. The number of primary amides is 1. The van der Waals surface area contributed by atoms with E-state index in [9.17, 15) is 9.59 Å². The first kappa shape index (κ1) is 16.4. The van der Waals surface area contributed by atoms with Gasteiger partial charge in [-0.3, -0.25) is 9.59 Å². The molecule has 0 unspecified atom stereocenters. The Morgan fingerprint density at radius 2 is 1.78 bits per heavy atom. The lowest BCUT2D eigenvalue weighted by Crippen LogP contribution is -2.11. The molecule has 0 aliphatic heterocycles. The number of nitrogens with zero attached hydrogens (tertiary/aromatic N) is 1. The summed E-state index contributed by atoms with van der Waals surface area (Å²) in [4.78, 5) is 25.4.